The predicted molar refractivity (Wildman–Crippen MR) is 77.8 cm³/mol. The quantitative estimate of drug-likeness (QED) is 0.783. The van der Waals surface area contributed by atoms with Gasteiger partial charge < -0.3 is 0 Å². The average molecular weight is 272 g/mol. The van der Waals surface area contributed by atoms with E-state index in [0.717, 1.165) is 5.56 Å². The zero-order valence-corrected chi connectivity index (χ0v) is 11.4. The second kappa shape index (κ2) is 5.85. The lowest BCUT2D eigenvalue weighted by molar-refractivity contribution is 0.587. The van der Waals surface area contributed by atoms with Gasteiger partial charge in [-0.3, -0.25) is 0 Å². The molecule has 0 aliphatic heterocycles. The molecule has 0 amide bonds. The van der Waals surface area contributed by atoms with E-state index in [1.807, 2.05) is 30.3 Å². The van der Waals surface area contributed by atoms with E-state index in [0.29, 0.717) is 11.3 Å². The lowest BCUT2D eigenvalue weighted by atomic mass is 10.1. The van der Waals surface area contributed by atoms with Crippen molar-refractivity contribution in [3.63, 3.8) is 0 Å². The first kappa shape index (κ1) is 13.6. The van der Waals surface area contributed by atoms with Crippen molar-refractivity contribution in [3.8, 4) is 0 Å². The van der Waals surface area contributed by atoms with Gasteiger partial charge in [0.05, 0.1) is 10.1 Å². The highest BCUT2D eigenvalue weighted by Crippen LogP contribution is 2.19. The SMILES string of the molecule is C=CC(Cc1ccccc1)S(=O)(=O)c1ccccc1. The van der Waals surface area contributed by atoms with Gasteiger partial charge in [0, 0.05) is 0 Å². The highest BCUT2D eigenvalue weighted by molar-refractivity contribution is 7.92. The maximum Gasteiger partial charge on any atom is 0.185 e. The molecule has 2 rings (SSSR count). The molecule has 98 valence electrons. The van der Waals surface area contributed by atoms with Crippen LogP contribution in [0.15, 0.2) is 78.2 Å². The highest BCUT2D eigenvalue weighted by atomic mass is 32.2. The molecule has 0 spiro atoms. The zero-order chi connectivity index (χ0) is 13.7. The first-order chi connectivity index (χ1) is 9.14. The summed E-state index contributed by atoms with van der Waals surface area (Å²) in [6, 6.07) is 18.1. The first-order valence-electron chi connectivity index (χ1n) is 6.10. The van der Waals surface area contributed by atoms with Crippen LogP contribution in [0.1, 0.15) is 5.56 Å². The van der Waals surface area contributed by atoms with Gasteiger partial charge in [-0.25, -0.2) is 8.42 Å². The fraction of sp³-hybridized carbons (Fsp3) is 0.125. The second-order valence-electron chi connectivity index (χ2n) is 4.32. The van der Waals surface area contributed by atoms with Crippen molar-refractivity contribution < 1.29 is 8.42 Å². The summed E-state index contributed by atoms with van der Waals surface area (Å²) in [5, 5.41) is -0.600. The van der Waals surface area contributed by atoms with E-state index in [-0.39, 0.29) is 0 Å². The van der Waals surface area contributed by atoms with Crippen LogP contribution >= 0.6 is 0 Å². The number of rotatable bonds is 5. The van der Waals surface area contributed by atoms with Crippen LogP contribution in [-0.4, -0.2) is 13.7 Å². The third-order valence-corrected chi connectivity index (χ3v) is 5.10. The third-order valence-electron chi connectivity index (χ3n) is 3.01. The molecule has 0 heterocycles. The van der Waals surface area contributed by atoms with E-state index in [9.17, 15) is 8.42 Å². The Morgan fingerprint density at radius 2 is 1.47 bits per heavy atom. The smallest absolute Gasteiger partial charge is 0.185 e. The van der Waals surface area contributed by atoms with Crippen molar-refractivity contribution in [3.05, 3.63) is 78.9 Å². The maximum absolute atomic E-state index is 12.5. The molecule has 1 atom stereocenters. The van der Waals surface area contributed by atoms with E-state index >= 15 is 0 Å². The number of sulfone groups is 1. The van der Waals surface area contributed by atoms with Crippen LogP contribution in [0.3, 0.4) is 0 Å². The molecular weight excluding hydrogens is 256 g/mol. The van der Waals surface area contributed by atoms with Gasteiger partial charge in [0.15, 0.2) is 9.84 Å². The summed E-state index contributed by atoms with van der Waals surface area (Å²) in [7, 11) is -3.37. The van der Waals surface area contributed by atoms with Crippen LogP contribution in [0.4, 0.5) is 0 Å². The second-order valence-corrected chi connectivity index (χ2v) is 6.49. The van der Waals surface area contributed by atoms with Gasteiger partial charge in [-0.2, -0.15) is 0 Å². The van der Waals surface area contributed by atoms with Crippen molar-refractivity contribution in [2.24, 2.45) is 0 Å². The summed E-state index contributed by atoms with van der Waals surface area (Å²) < 4.78 is 25.0. The summed E-state index contributed by atoms with van der Waals surface area (Å²) in [5.41, 5.74) is 0.993. The molecule has 0 bridgehead atoms. The largest absolute Gasteiger partial charge is 0.223 e. The van der Waals surface area contributed by atoms with E-state index in [1.165, 1.54) is 6.08 Å². The van der Waals surface area contributed by atoms with Gasteiger partial charge in [-0.05, 0) is 24.1 Å². The van der Waals surface area contributed by atoms with Gasteiger partial charge >= 0.3 is 0 Å². The Hall–Kier alpha value is -1.87. The zero-order valence-electron chi connectivity index (χ0n) is 10.6. The number of hydrogen-bond acceptors (Lipinski definition) is 2. The van der Waals surface area contributed by atoms with E-state index in [4.69, 9.17) is 0 Å². The summed E-state index contributed by atoms with van der Waals surface area (Å²) >= 11 is 0. The van der Waals surface area contributed by atoms with Crippen molar-refractivity contribution >= 4 is 9.84 Å². The molecule has 0 radical (unpaired) electrons. The Morgan fingerprint density at radius 1 is 0.947 bits per heavy atom. The van der Waals surface area contributed by atoms with Gasteiger partial charge in [-0.15, -0.1) is 6.58 Å². The summed E-state index contributed by atoms with van der Waals surface area (Å²) in [6.45, 7) is 3.67. The molecule has 0 saturated heterocycles. The molecule has 0 fully saturated rings. The van der Waals surface area contributed by atoms with Crippen molar-refractivity contribution in [1.29, 1.82) is 0 Å². The molecule has 3 heteroatoms. The molecule has 2 nitrogen and oxygen atoms in total. The minimum atomic E-state index is -3.37. The molecule has 19 heavy (non-hydrogen) atoms. The first-order valence-corrected chi connectivity index (χ1v) is 7.64. The minimum Gasteiger partial charge on any atom is -0.223 e. The topological polar surface area (TPSA) is 34.1 Å². The molecule has 1 unspecified atom stereocenters. The van der Waals surface area contributed by atoms with Gasteiger partial charge in [0.2, 0.25) is 0 Å². The summed E-state index contributed by atoms with van der Waals surface area (Å²) in [5.74, 6) is 0. The molecule has 0 aliphatic rings. The third kappa shape index (κ3) is 3.12. The maximum atomic E-state index is 12.5. The molecule has 2 aromatic rings. The van der Waals surface area contributed by atoms with E-state index < -0.39 is 15.1 Å². The van der Waals surface area contributed by atoms with Crippen LogP contribution in [0.2, 0.25) is 0 Å². The normalized spacial score (nSPS) is 12.8. The Labute approximate surface area is 114 Å². The fourth-order valence-corrected chi connectivity index (χ4v) is 3.50. The Kier molecular flexibility index (Phi) is 4.17. The van der Waals surface area contributed by atoms with Crippen LogP contribution in [0.25, 0.3) is 0 Å². The van der Waals surface area contributed by atoms with Crippen LogP contribution < -0.4 is 0 Å². The van der Waals surface area contributed by atoms with Gasteiger partial charge in [-0.1, -0.05) is 54.6 Å². The molecular formula is C16H16O2S. The molecule has 0 aromatic heterocycles. The Bertz CT molecular complexity index is 631. The Balaban J connectivity index is 2.30. The van der Waals surface area contributed by atoms with Crippen molar-refractivity contribution in [2.45, 2.75) is 16.6 Å². The van der Waals surface area contributed by atoms with Crippen LogP contribution in [0.5, 0.6) is 0 Å². The molecule has 0 N–H and O–H groups in total. The molecule has 0 saturated carbocycles. The number of hydrogen-bond donors (Lipinski definition) is 0. The number of benzene rings is 2. The Morgan fingerprint density at radius 3 is 2.00 bits per heavy atom. The lowest BCUT2D eigenvalue weighted by Gasteiger charge is -2.14. The van der Waals surface area contributed by atoms with E-state index in [2.05, 4.69) is 6.58 Å². The summed E-state index contributed by atoms with van der Waals surface area (Å²) in [6.07, 6.45) is 1.96. The monoisotopic (exact) mass is 272 g/mol. The van der Waals surface area contributed by atoms with Gasteiger partial charge in [0.25, 0.3) is 0 Å². The van der Waals surface area contributed by atoms with Crippen LogP contribution in [-0.2, 0) is 16.3 Å². The summed E-state index contributed by atoms with van der Waals surface area (Å²) in [4.78, 5) is 0.343. The fourth-order valence-electron chi connectivity index (χ4n) is 1.95. The molecule has 0 aliphatic carbocycles. The van der Waals surface area contributed by atoms with Crippen molar-refractivity contribution in [1.82, 2.24) is 0 Å². The highest BCUT2D eigenvalue weighted by Gasteiger charge is 2.24. The van der Waals surface area contributed by atoms with Crippen molar-refractivity contribution in [2.75, 3.05) is 0 Å². The minimum absolute atomic E-state index is 0.343. The molecule has 2 aromatic carbocycles. The lowest BCUT2D eigenvalue weighted by Crippen LogP contribution is -2.21. The van der Waals surface area contributed by atoms with Gasteiger partial charge in [0.1, 0.15) is 0 Å². The standard InChI is InChI=1S/C16H16O2S/c1-2-15(13-14-9-5-3-6-10-14)19(17,18)16-11-7-4-8-12-16/h2-12,15H,1,13H2. The predicted octanol–water partition coefficient (Wildman–Crippen LogP) is 3.26. The average Bonchev–Trinajstić information content (AvgIpc) is 2.46. The van der Waals surface area contributed by atoms with E-state index in [1.54, 1.807) is 30.3 Å². The van der Waals surface area contributed by atoms with Crippen LogP contribution in [0, 0.1) is 0 Å².